The van der Waals surface area contributed by atoms with Crippen LogP contribution < -0.4 is 9.62 Å². The van der Waals surface area contributed by atoms with Crippen LogP contribution in [0.3, 0.4) is 0 Å². The lowest BCUT2D eigenvalue weighted by atomic mass is 10.0. The molecule has 1 unspecified atom stereocenters. The summed E-state index contributed by atoms with van der Waals surface area (Å²) in [6.45, 7) is 3.89. The van der Waals surface area contributed by atoms with Gasteiger partial charge >= 0.3 is 0 Å². The Bertz CT molecular complexity index is 768. The molecule has 3 aliphatic rings. The molecule has 1 aromatic rings. The first-order valence-corrected chi connectivity index (χ1v) is 10.5. The van der Waals surface area contributed by atoms with Gasteiger partial charge < -0.3 is 19.1 Å². The van der Waals surface area contributed by atoms with Crippen molar-refractivity contribution >= 4 is 21.4 Å². The lowest BCUT2D eigenvalue weighted by molar-refractivity contribution is -0.124. The number of nitrogens with zero attached hydrogens (tertiary/aromatic N) is 1. The highest BCUT2D eigenvalue weighted by Crippen LogP contribution is 2.34. The summed E-state index contributed by atoms with van der Waals surface area (Å²) in [6.07, 6.45) is 4.45. The Hall–Kier alpha value is -1.61. The third-order valence-electron chi connectivity index (χ3n) is 5.02. The molecule has 2 fully saturated rings. The molecule has 1 atom stereocenters. The van der Waals surface area contributed by atoms with E-state index in [-0.39, 0.29) is 0 Å². The normalized spacial score (nSPS) is 25.5. The minimum atomic E-state index is -3.55. The zero-order chi connectivity index (χ0) is 18.0. The van der Waals surface area contributed by atoms with Crippen molar-refractivity contribution in [2.75, 3.05) is 49.1 Å². The molecule has 26 heavy (non-hydrogen) atoms. The van der Waals surface area contributed by atoms with Gasteiger partial charge in [-0.05, 0) is 24.6 Å². The quantitative estimate of drug-likeness (QED) is 0.802. The zero-order valence-corrected chi connectivity index (χ0v) is 15.4. The number of ether oxygens (including phenoxy) is 3. The third kappa shape index (κ3) is 3.59. The summed E-state index contributed by atoms with van der Waals surface area (Å²) in [4.78, 5) is 2.15. The van der Waals surface area contributed by atoms with Gasteiger partial charge in [0.15, 0.2) is 5.79 Å². The second-order valence-corrected chi connectivity index (χ2v) is 8.61. The maximum Gasteiger partial charge on any atom is 0.239 e. The Morgan fingerprint density at radius 1 is 1.08 bits per heavy atom. The van der Waals surface area contributed by atoms with Gasteiger partial charge in [-0.15, -0.1) is 0 Å². The Morgan fingerprint density at radius 3 is 2.50 bits per heavy atom. The molecule has 1 aromatic carbocycles. The maximum atomic E-state index is 12.9. The highest BCUT2D eigenvalue weighted by atomic mass is 32.2. The molecular weight excluding hydrogens is 356 g/mol. The van der Waals surface area contributed by atoms with Crippen molar-refractivity contribution < 1.29 is 22.6 Å². The van der Waals surface area contributed by atoms with Gasteiger partial charge in [0.2, 0.25) is 10.0 Å². The average Bonchev–Trinajstić information content (AvgIpc) is 3.11. The van der Waals surface area contributed by atoms with E-state index in [1.54, 1.807) is 18.2 Å². The Labute approximate surface area is 154 Å². The number of anilines is 2. The van der Waals surface area contributed by atoms with Crippen LogP contribution in [0, 0.1) is 0 Å². The number of para-hydroxylation sites is 2. The first-order valence-electron chi connectivity index (χ1n) is 8.99. The largest absolute Gasteiger partial charge is 0.378 e. The monoisotopic (exact) mass is 380 g/mol. The molecule has 1 aliphatic carbocycles. The summed E-state index contributed by atoms with van der Waals surface area (Å²) >= 11 is 0. The molecule has 7 nitrogen and oxygen atoms in total. The van der Waals surface area contributed by atoms with Crippen molar-refractivity contribution in [1.29, 1.82) is 0 Å². The first-order chi connectivity index (χ1) is 12.6. The van der Waals surface area contributed by atoms with E-state index in [0.29, 0.717) is 45.0 Å². The summed E-state index contributed by atoms with van der Waals surface area (Å²) in [7, 11) is -3.55. The van der Waals surface area contributed by atoms with Crippen molar-refractivity contribution in [2.45, 2.75) is 23.9 Å². The van der Waals surface area contributed by atoms with Crippen LogP contribution in [0.5, 0.6) is 0 Å². The lowest BCUT2D eigenvalue weighted by Crippen LogP contribution is -2.38. The van der Waals surface area contributed by atoms with Crippen LogP contribution in [0.4, 0.5) is 11.4 Å². The molecule has 1 spiro atoms. The van der Waals surface area contributed by atoms with Crippen molar-refractivity contribution in [3.8, 4) is 0 Å². The van der Waals surface area contributed by atoms with Crippen LogP contribution in [-0.2, 0) is 24.2 Å². The van der Waals surface area contributed by atoms with Gasteiger partial charge in [0.25, 0.3) is 0 Å². The second-order valence-electron chi connectivity index (χ2n) is 6.71. The van der Waals surface area contributed by atoms with Crippen LogP contribution in [0.25, 0.3) is 0 Å². The number of rotatable bonds is 4. The van der Waals surface area contributed by atoms with Gasteiger partial charge in [-0.1, -0.05) is 18.2 Å². The van der Waals surface area contributed by atoms with Gasteiger partial charge in [-0.25, -0.2) is 8.42 Å². The minimum Gasteiger partial charge on any atom is -0.378 e. The van der Waals surface area contributed by atoms with Gasteiger partial charge in [-0.3, -0.25) is 4.72 Å². The van der Waals surface area contributed by atoms with Crippen LogP contribution in [-0.4, -0.2) is 59.0 Å². The molecule has 0 radical (unpaired) electrons. The molecular formula is C18H24N2O5S. The number of hydrogen-bond acceptors (Lipinski definition) is 6. The van der Waals surface area contributed by atoms with E-state index in [4.69, 9.17) is 14.2 Å². The average molecular weight is 380 g/mol. The second kappa shape index (κ2) is 7.19. The summed E-state index contributed by atoms with van der Waals surface area (Å²) in [5.74, 6) is -0.724. The number of nitrogens with one attached hydrogen (secondary N) is 1. The zero-order valence-electron chi connectivity index (χ0n) is 14.6. The highest BCUT2D eigenvalue weighted by molar-refractivity contribution is 7.93. The smallest absolute Gasteiger partial charge is 0.239 e. The van der Waals surface area contributed by atoms with E-state index in [1.165, 1.54) is 0 Å². The van der Waals surface area contributed by atoms with Crippen molar-refractivity contribution in [2.24, 2.45) is 0 Å². The van der Waals surface area contributed by atoms with Gasteiger partial charge in [0.05, 0.1) is 43.1 Å². The minimum absolute atomic E-state index is 0.464. The van der Waals surface area contributed by atoms with Gasteiger partial charge in [0.1, 0.15) is 0 Å². The topological polar surface area (TPSA) is 77.1 Å². The van der Waals surface area contributed by atoms with Gasteiger partial charge in [0, 0.05) is 19.5 Å². The van der Waals surface area contributed by atoms with E-state index in [0.717, 1.165) is 18.8 Å². The van der Waals surface area contributed by atoms with Crippen LogP contribution in [0.2, 0.25) is 0 Å². The molecule has 0 bridgehead atoms. The molecule has 2 heterocycles. The first kappa shape index (κ1) is 17.8. The van der Waals surface area contributed by atoms with E-state index in [1.807, 2.05) is 18.2 Å². The van der Waals surface area contributed by atoms with Crippen molar-refractivity contribution in [3.05, 3.63) is 36.4 Å². The molecule has 1 N–H and O–H groups in total. The van der Waals surface area contributed by atoms with E-state index in [9.17, 15) is 8.42 Å². The number of morpholine rings is 1. The highest BCUT2D eigenvalue weighted by Gasteiger charge is 2.40. The predicted octanol–water partition coefficient (Wildman–Crippen LogP) is 1.73. The summed E-state index contributed by atoms with van der Waals surface area (Å²) < 4.78 is 45.2. The molecule has 2 aliphatic heterocycles. The van der Waals surface area contributed by atoms with E-state index >= 15 is 0 Å². The summed E-state index contributed by atoms with van der Waals surface area (Å²) in [6, 6.07) is 7.50. The molecule has 0 amide bonds. The predicted molar refractivity (Wildman–Crippen MR) is 98.8 cm³/mol. The van der Waals surface area contributed by atoms with Crippen LogP contribution >= 0.6 is 0 Å². The molecule has 4 rings (SSSR count). The molecule has 0 saturated carbocycles. The third-order valence-corrected chi connectivity index (χ3v) is 6.72. The Morgan fingerprint density at radius 2 is 1.81 bits per heavy atom. The number of benzene rings is 1. The number of hydrogen-bond donors (Lipinski definition) is 1. The summed E-state index contributed by atoms with van der Waals surface area (Å²) in [5, 5.41) is -0.598. The number of sulfonamides is 1. The van der Waals surface area contributed by atoms with E-state index < -0.39 is 21.1 Å². The fraction of sp³-hybridized carbons (Fsp3) is 0.556. The Kier molecular flexibility index (Phi) is 4.92. The standard InChI is InChI=1S/C18H24N2O5S/c21-26(22,15-5-7-18(8-6-15)24-13-14-25-18)19-16-3-1-2-4-17(16)20-9-11-23-12-10-20/h1-5,7,15,19H,6,8-14H2. The van der Waals surface area contributed by atoms with Crippen molar-refractivity contribution in [1.82, 2.24) is 0 Å². The molecule has 142 valence electrons. The van der Waals surface area contributed by atoms with Crippen molar-refractivity contribution in [3.63, 3.8) is 0 Å². The van der Waals surface area contributed by atoms with E-state index in [2.05, 4.69) is 9.62 Å². The van der Waals surface area contributed by atoms with Crippen LogP contribution in [0.1, 0.15) is 12.8 Å². The summed E-state index contributed by atoms with van der Waals surface area (Å²) in [5.41, 5.74) is 1.49. The molecule has 2 saturated heterocycles. The fourth-order valence-corrected chi connectivity index (χ4v) is 4.96. The molecule has 0 aromatic heterocycles. The Balaban J connectivity index is 1.52. The molecule has 8 heteroatoms. The van der Waals surface area contributed by atoms with Crippen LogP contribution in [0.15, 0.2) is 36.4 Å². The maximum absolute atomic E-state index is 12.9. The lowest BCUT2D eigenvalue weighted by Gasteiger charge is -2.32. The SMILES string of the molecule is O=S(=O)(Nc1ccccc1N1CCOCC1)C1C=CC2(CC1)OCCO2. The van der Waals surface area contributed by atoms with Gasteiger partial charge in [-0.2, -0.15) is 0 Å². The fourth-order valence-electron chi connectivity index (χ4n) is 3.62.